The number of thiocarbonyl (C=S) groups is 1. The largest absolute Gasteiger partial charge is 0.496 e. The molecular formula is C16H22N4O4S. The zero-order chi connectivity index (χ0) is 18.4. The van der Waals surface area contributed by atoms with Crippen molar-refractivity contribution in [2.24, 2.45) is 0 Å². The van der Waals surface area contributed by atoms with Gasteiger partial charge in [-0.1, -0.05) is 6.92 Å². The van der Waals surface area contributed by atoms with Crippen LogP contribution in [0.25, 0.3) is 0 Å². The molecule has 1 amide bonds. The van der Waals surface area contributed by atoms with Crippen molar-refractivity contribution in [1.82, 2.24) is 10.2 Å². The molecule has 1 aromatic carbocycles. The smallest absolute Gasteiger partial charge is 0.296 e. The van der Waals surface area contributed by atoms with Gasteiger partial charge in [0.2, 0.25) is 5.91 Å². The van der Waals surface area contributed by atoms with Crippen molar-refractivity contribution in [2.45, 2.75) is 19.8 Å². The van der Waals surface area contributed by atoms with Crippen molar-refractivity contribution >= 4 is 34.6 Å². The Morgan fingerprint density at radius 1 is 1.36 bits per heavy atom. The number of anilines is 1. The van der Waals surface area contributed by atoms with E-state index in [1.165, 1.54) is 13.2 Å². The zero-order valence-electron chi connectivity index (χ0n) is 14.4. The van der Waals surface area contributed by atoms with E-state index in [-0.39, 0.29) is 11.6 Å². The minimum absolute atomic E-state index is 0.0200. The molecule has 0 radical (unpaired) electrons. The van der Waals surface area contributed by atoms with Crippen LogP contribution < -0.4 is 15.0 Å². The van der Waals surface area contributed by atoms with Gasteiger partial charge >= 0.3 is 0 Å². The number of rotatable bonds is 5. The van der Waals surface area contributed by atoms with Crippen molar-refractivity contribution in [3.8, 4) is 5.75 Å². The lowest BCUT2D eigenvalue weighted by Crippen LogP contribution is -2.52. The normalized spacial score (nSPS) is 14.2. The third-order valence-electron chi connectivity index (χ3n) is 4.01. The van der Waals surface area contributed by atoms with Crippen LogP contribution in [-0.2, 0) is 4.79 Å². The van der Waals surface area contributed by atoms with Crippen molar-refractivity contribution in [2.75, 3.05) is 38.2 Å². The topological polar surface area (TPSA) is 88.0 Å². The summed E-state index contributed by atoms with van der Waals surface area (Å²) in [5.41, 5.74) is 0.581. The molecule has 8 nitrogen and oxygen atoms in total. The summed E-state index contributed by atoms with van der Waals surface area (Å²) in [6.07, 6.45) is 1.21. The molecule has 0 atom stereocenters. The Balaban J connectivity index is 2.01. The van der Waals surface area contributed by atoms with Crippen molar-refractivity contribution < 1.29 is 14.5 Å². The Labute approximate surface area is 151 Å². The van der Waals surface area contributed by atoms with E-state index < -0.39 is 4.92 Å². The second-order valence-corrected chi connectivity index (χ2v) is 6.08. The predicted octanol–water partition coefficient (Wildman–Crippen LogP) is 1.93. The first-order chi connectivity index (χ1) is 12.0. The number of ether oxygens (including phenoxy) is 1. The number of carbonyl (C=O) groups excluding carboxylic acids is 1. The number of benzene rings is 1. The van der Waals surface area contributed by atoms with E-state index >= 15 is 0 Å². The molecule has 0 aromatic heterocycles. The van der Waals surface area contributed by atoms with Crippen LogP contribution in [-0.4, -0.2) is 54.1 Å². The number of hydrogen-bond donors (Lipinski definition) is 1. The maximum Gasteiger partial charge on any atom is 0.296 e. The second kappa shape index (κ2) is 8.61. The molecule has 0 saturated carbocycles. The monoisotopic (exact) mass is 366 g/mol. The first-order valence-electron chi connectivity index (χ1n) is 8.12. The summed E-state index contributed by atoms with van der Waals surface area (Å²) in [6.45, 7) is 4.28. The standard InChI is InChI=1S/C16H22N4O4S/c1-3-4-15(21)17-16(25)19-9-7-18(8-10-19)13-6-5-12(24-2)11-14(13)20(22)23/h5-6,11H,3-4,7-10H2,1-2H3,(H,17,21,25). The van der Waals surface area contributed by atoms with Crippen LogP contribution in [0, 0.1) is 10.1 Å². The van der Waals surface area contributed by atoms with Crippen molar-refractivity contribution in [3.05, 3.63) is 28.3 Å². The number of hydrogen-bond acceptors (Lipinski definition) is 6. The van der Waals surface area contributed by atoms with Gasteiger partial charge in [0.15, 0.2) is 5.11 Å². The molecule has 9 heteroatoms. The number of methoxy groups -OCH3 is 1. The molecule has 136 valence electrons. The fourth-order valence-corrected chi connectivity index (χ4v) is 2.98. The molecular weight excluding hydrogens is 344 g/mol. The van der Waals surface area contributed by atoms with Gasteiger partial charge in [-0.05, 0) is 30.8 Å². The lowest BCUT2D eigenvalue weighted by molar-refractivity contribution is -0.384. The van der Waals surface area contributed by atoms with Gasteiger partial charge in [0, 0.05) is 32.6 Å². The van der Waals surface area contributed by atoms with Crippen LogP contribution in [0.1, 0.15) is 19.8 Å². The number of carbonyl (C=O) groups is 1. The number of nitro benzene ring substituents is 1. The summed E-state index contributed by atoms with van der Waals surface area (Å²) < 4.78 is 5.06. The average molecular weight is 366 g/mol. The van der Waals surface area contributed by atoms with E-state index in [1.54, 1.807) is 12.1 Å². The Kier molecular flexibility index (Phi) is 6.51. The highest BCUT2D eigenvalue weighted by Crippen LogP contribution is 2.32. The maximum absolute atomic E-state index is 11.6. The third kappa shape index (κ3) is 4.79. The number of nitro groups is 1. The minimum atomic E-state index is -0.403. The Morgan fingerprint density at radius 2 is 2.04 bits per heavy atom. The van der Waals surface area contributed by atoms with Crippen molar-refractivity contribution in [3.63, 3.8) is 0 Å². The van der Waals surface area contributed by atoms with Crippen molar-refractivity contribution in [1.29, 1.82) is 0 Å². The highest BCUT2D eigenvalue weighted by molar-refractivity contribution is 7.80. The minimum Gasteiger partial charge on any atom is -0.496 e. The molecule has 0 unspecified atom stereocenters. The van der Waals surface area contributed by atoms with E-state index in [0.29, 0.717) is 49.1 Å². The molecule has 0 spiro atoms. The molecule has 1 aromatic rings. The number of amides is 1. The molecule has 1 saturated heterocycles. The van der Waals surface area contributed by atoms with E-state index in [1.807, 2.05) is 16.7 Å². The van der Waals surface area contributed by atoms with E-state index in [4.69, 9.17) is 17.0 Å². The van der Waals surface area contributed by atoms with Gasteiger partial charge in [-0.25, -0.2) is 0 Å². The Bertz CT molecular complexity index is 660. The van der Waals surface area contributed by atoms with Gasteiger partial charge in [0.25, 0.3) is 5.69 Å². The van der Waals surface area contributed by atoms with E-state index in [0.717, 1.165) is 6.42 Å². The summed E-state index contributed by atoms with van der Waals surface area (Å²) in [4.78, 5) is 26.4. The quantitative estimate of drug-likeness (QED) is 0.484. The Hall–Kier alpha value is -2.42. The van der Waals surface area contributed by atoms with Gasteiger partial charge in [-0.2, -0.15) is 0 Å². The van der Waals surface area contributed by atoms with Crippen LogP contribution in [0.5, 0.6) is 5.75 Å². The molecule has 1 N–H and O–H groups in total. The molecule has 0 bridgehead atoms. The summed E-state index contributed by atoms with van der Waals surface area (Å²) in [5.74, 6) is 0.370. The zero-order valence-corrected chi connectivity index (χ0v) is 15.2. The summed E-state index contributed by atoms with van der Waals surface area (Å²) in [7, 11) is 1.48. The number of piperazine rings is 1. The second-order valence-electron chi connectivity index (χ2n) is 5.69. The average Bonchev–Trinajstić information content (AvgIpc) is 2.61. The molecule has 1 heterocycles. The fraction of sp³-hybridized carbons (Fsp3) is 0.500. The lowest BCUT2D eigenvalue weighted by Gasteiger charge is -2.37. The van der Waals surface area contributed by atoms with E-state index in [2.05, 4.69) is 5.32 Å². The first kappa shape index (κ1) is 18.9. The van der Waals surface area contributed by atoms with Gasteiger partial charge in [0.05, 0.1) is 18.1 Å². The summed E-state index contributed by atoms with van der Waals surface area (Å²) in [6, 6.07) is 4.84. The highest BCUT2D eigenvalue weighted by atomic mass is 32.1. The molecule has 1 aliphatic rings. The van der Waals surface area contributed by atoms with Gasteiger partial charge in [-0.15, -0.1) is 0 Å². The van der Waals surface area contributed by atoms with Gasteiger partial charge in [0.1, 0.15) is 11.4 Å². The molecule has 1 aliphatic heterocycles. The van der Waals surface area contributed by atoms with Crippen LogP contribution in [0.2, 0.25) is 0 Å². The fourth-order valence-electron chi connectivity index (χ4n) is 2.68. The number of nitrogens with one attached hydrogen (secondary N) is 1. The summed E-state index contributed by atoms with van der Waals surface area (Å²) in [5, 5.41) is 14.5. The SMILES string of the molecule is CCCC(=O)NC(=S)N1CCN(c2ccc(OC)cc2[N+](=O)[O-])CC1. The van der Waals surface area contributed by atoms with Crippen LogP contribution in [0.3, 0.4) is 0 Å². The first-order valence-corrected chi connectivity index (χ1v) is 8.53. The van der Waals surface area contributed by atoms with Crippen LogP contribution in [0.15, 0.2) is 18.2 Å². The van der Waals surface area contributed by atoms with Crippen LogP contribution in [0.4, 0.5) is 11.4 Å². The maximum atomic E-state index is 11.6. The predicted molar refractivity (Wildman–Crippen MR) is 99.1 cm³/mol. The molecule has 2 rings (SSSR count). The molecule has 0 aliphatic carbocycles. The molecule has 25 heavy (non-hydrogen) atoms. The van der Waals surface area contributed by atoms with E-state index in [9.17, 15) is 14.9 Å². The van der Waals surface area contributed by atoms with Crippen LogP contribution >= 0.6 is 12.2 Å². The Morgan fingerprint density at radius 3 is 2.60 bits per heavy atom. The highest BCUT2D eigenvalue weighted by Gasteiger charge is 2.25. The third-order valence-corrected chi connectivity index (χ3v) is 4.37. The van der Waals surface area contributed by atoms with Gasteiger partial charge < -0.3 is 19.9 Å². The lowest BCUT2D eigenvalue weighted by atomic mass is 10.2. The molecule has 1 fully saturated rings. The number of nitrogens with zero attached hydrogens (tertiary/aromatic N) is 3. The van der Waals surface area contributed by atoms with Gasteiger partial charge in [-0.3, -0.25) is 14.9 Å². The summed E-state index contributed by atoms with van der Waals surface area (Å²) >= 11 is 5.27.